The second-order valence-electron chi connectivity index (χ2n) is 6.02. The van der Waals surface area contributed by atoms with Crippen molar-refractivity contribution in [2.24, 2.45) is 5.73 Å². The Balaban J connectivity index is 2.79. The van der Waals surface area contributed by atoms with Crippen LogP contribution in [0, 0.1) is 11.3 Å². The molecule has 0 atom stereocenters. The Labute approximate surface area is 154 Å². The van der Waals surface area contributed by atoms with Crippen molar-refractivity contribution in [3.63, 3.8) is 0 Å². The van der Waals surface area contributed by atoms with Crippen molar-refractivity contribution in [1.29, 1.82) is 5.26 Å². The predicted octanol–water partition coefficient (Wildman–Crippen LogP) is 3.95. The van der Waals surface area contributed by atoms with E-state index in [0.29, 0.717) is 18.2 Å². The van der Waals surface area contributed by atoms with Gasteiger partial charge in [0.1, 0.15) is 19.1 Å². The average Bonchev–Trinajstić information content (AvgIpc) is 2.63. The maximum absolute atomic E-state index is 13.7. The summed E-state index contributed by atoms with van der Waals surface area (Å²) in [6.45, 7) is -2.97. The molecule has 1 aliphatic heterocycles. The lowest BCUT2D eigenvalue weighted by molar-refractivity contribution is -0.289. The van der Waals surface area contributed by atoms with Crippen molar-refractivity contribution in [1.82, 2.24) is 0 Å². The molecule has 2 N–H and O–H groups in total. The molecule has 152 valence electrons. The first kappa shape index (κ1) is 21.5. The van der Waals surface area contributed by atoms with Crippen LogP contribution in [-0.4, -0.2) is 31.0 Å². The van der Waals surface area contributed by atoms with Crippen LogP contribution in [0.15, 0.2) is 23.8 Å². The first-order chi connectivity index (χ1) is 12.9. The largest absolute Gasteiger partial charge is 0.477 e. The number of carbonyl (C=O) groups excluding carboxylic acids is 1. The molecule has 1 heterocycles. The highest BCUT2D eigenvalue weighted by Gasteiger charge is 2.59. The number of rotatable bonds is 6. The van der Waals surface area contributed by atoms with E-state index in [1.54, 1.807) is 6.07 Å². The van der Waals surface area contributed by atoms with Crippen molar-refractivity contribution in [2.75, 3.05) is 13.3 Å². The first-order valence-electron chi connectivity index (χ1n) is 7.76. The Morgan fingerprint density at radius 1 is 1.18 bits per heavy atom. The number of alkyl halides is 7. The minimum Gasteiger partial charge on any atom is -0.477 e. The Morgan fingerprint density at radius 3 is 2.25 bits per heavy atom. The summed E-state index contributed by atoms with van der Waals surface area (Å²) in [4.78, 5) is 11.9. The maximum Gasteiger partial charge on any atom is 0.458 e. The molecule has 4 nitrogen and oxygen atoms in total. The molecule has 0 aromatic heterocycles. The molecule has 28 heavy (non-hydrogen) atoms. The summed E-state index contributed by atoms with van der Waals surface area (Å²) < 4.78 is 97.9. The minimum atomic E-state index is -5.92. The van der Waals surface area contributed by atoms with Gasteiger partial charge < -0.3 is 10.5 Å². The van der Waals surface area contributed by atoms with E-state index in [1.165, 1.54) is 0 Å². The van der Waals surface area contributed by atoms with Crippen molar-refractivity contribution in [3.05, 3.63) is 34.9 Å². The molecule has 0 saturated carbocycles. The maximum atomic E-state index is 13.7. The lowest BCUT2D eigenvalue weighted by Gasteiger charge is -2.38. The van der Waals surface area contributed by atoms with Crippen molar-refractivity contribution < 1.29 is 40.3 Å². The Bertz CT molecular complexity index is 852. The number of nitrogens with two attached hydrogens (primary N) is 1. The number of benzene rings is 1. The van der Waals surface area contributed by atoms with Gasteiger partial charge in [0.05, 0.1) is 11.6 Å². The molecule has 0 aliphatic carbocycles. The molecule has 1 aromatic rings. The van der Waals surface area contributed by atoms with Crippen molar-refractivity contribution >= 4 is 11.5 Å². The highest BCUT2D eigenvalue weighted by molar-refractivity contribution is 6.21. The summed E-state index contributed by atoms with van der Waals surface area (Å²) in [5.74, 6) is -7.05. The number of ether oxygens (including phenoxy) is 1. The molecule has 0 spiro atoms. The summed E-state index contributed by atoms with van der Waals surface area (Å²) >= 11 is 0. The van der Waals surface area contributed by atoms with Gasteiger partial charge in [-0.3, -0.25) is 4.79 Å². The number of nitrogens with zero attached hydrogens (tertiary/aromatic N) is 1. The fourth-order valence-corrected chi connectivity index (χ4v) is 2.90. The molecule has 2 rings (SSSR count). The summed E-state index contributed by atoms with van der Waals surface area (Å²) in [5, 5.41) is 8.73. The standard InChI is InChI=1S/C17H13F7N2O2/c18-7-15(8-19)11(2-1-5-25)13(14(26)27)10-6-9(3-4-12(10)28-15)16(20,21)17(22,23)24/h3-4,6H,1-2,7-8H2,(H2,26,27). The van der Waals surface area contributed by atoms with E-state index >= 15 is 0 Å². The lowest BCUT2D eigenvalue weighted by Crippen LogP contribution is -2.47. The number of amides is 1. The highest BCUT2D eigenvalue weighted by atomic mass is 19.4. The molecule has 0 unspecified atom stereocenters. The van der Waals surface area contributed by atoms with Gasteiger partial charge in [-0.2, -0.15) is 27.2 Å². The minimum absolute atomic E-state index is 0.328. The molecular formula is C17H13F7N2O2. The predicted molar refractivity (Wildman–Crippen MR) is 82.7 cm³/mol. The Morgan fingerprint density at radius 2 is 1.79 bits per heavy atom. The van der Waals surface area contributed by atoms with Gasteiger partial charge in [-0.05, 0) is 30.2 Å². The van der Waals surface area contributed by atoms with E-state index in [2.05, 4.69) is 0 Å². The van der Waals surface area contributed by atoms with E-state index in [4.69, 9.17) is 15.7 Å². The van der Waals surface area contributed by atoms with Gasteiger partial charge in [0.25, 0.3) is 0 Å². The van der Waals surface area contributed by atoms with Crippen LogP contribution in [0.25, 0.3) is 5.57 Å². The number of primary amides is 1. The monoisotopic (exact) mass is 410 g/mol. The second kappa shape index (κ2) is 7.33. The average molecular weight is 410 g/mol. The van der Waals surface area contributed by atoms with Crippen LogP contribution in [-0.2, 0) is 10.7 Å². The summed E-state index contributed by atoms with van der Waals surface area (Å²) in [5.41, 5.74) is -0.221. The van der Waals surface area contributed by atoms with E-state index < -0.39 is 71.4 Å². The number of carbonyl (C=O) groups is 1. The van der Waals surface area contributed by atoms with Crippen LogP contribution in [0.3, 0.4) is 0 Å². The van der Waals surface area contributed by atoms with Crippen molar-refractivity contribution in [2.45, 2.75) is 30.5 Å². The fraction of sp³-hybridized carbons (Fsp3) is 0.412. The van der Waals surface area contributed by atoms with Crippen LogP contribution in [0.2, 0.25) is 0 Å². The molecule has 0 bridgehead atoms. The number of fused-ring (bicyclic) bond motifs is 1. The molecule has 0 fully saturated rings. The van der Waals surface area contributed by atoms with Crippen LogP contribution >= 0.6 is 0 Å². The van der Waals surface area contributed by atoms with Gasteiger partial charge in [-0.15, -0.1) is 0 Å². The third-order valence-corrected chi connectivity index (χ3v) is 4.29. The van der Waals surface area contributed by atoms with Crippen molar-refractivity contribution in [3.8, 4) is 11.8 Å². The molecule has 1 aromatic carbocycles. The summed E-state index contributed by atoms with van der Waals surface area (Å²) in [6, 6.07) is 3.07. The van der Waals surface area contributed by atoms with Crippen LogP contribution in [0.5, 0.6) is 5.75 Å². The van der Waals surface area contributed by atoms with Gasteiger partial charge in [-0.1, -0.05) is 0 Å². The SMILES string of the molecule is N#CCCC1=C(C(N)=O)c2cc(C(F)(F)C(F)(F)F)ccc2OC1(CF)CF. The number of halogens is 7. The number of hydrogen-bond donors (Lipinski definition) is 1. The topological polar surface area (TPSA) is 76.1 Å². The summed E-state index contributed by atoms with van der Waals surface area (Å²) in [7, 11) is 0. The first-order valence-corrected chi connectivity index (χ1v) is 7.76. The van der Waals surface area contributed by atoms with E-state index in [9.17, 15) is 35.5 Å². The Hall–Kier alpha value is -2.77. The smallest absolute Gasteiger partial charge is 0.458 e. The zero-order chi connectivity index (χ0) is 21.3. The molecule has 0 radical (unpaired) electrons. The zero-order valence-electron chi connectivity index (χ0n) is 14.0. The third kappa shape index (κ3) is 3.39. The van der Waals surface area contributed by atoms with Gasteiger partial charge in [0.15, 0.2) is 5.60 Å². The molecular weight excluding hydrogens is 397 g/mol. The normalized spacial score (nSPS) is 16.2. The molecule has 0 saturated heterocycles. The van der Waals surface area contributed by atoms with Gasteiger partial charge in [0, 0.05) is 17.5 Å². The van der Waals surface area contributed by atoms with Gasteiger partial charge in [0.2, 0.25) is 5.91 Å². The molecule has 1 aliphatic rings. The fourth-order valence-electron chi connectivity index (χ4n) is 2.90. The zero-order valence-corrected chi connectivity index (χ0v) is 14.0. The van der Waals surface area contributed by atoms with Crippen LogP contribution < -0.4 is 10.5 Å². The lowest BCUT2D eigenvalue weighted by atomic mass is 9.81. The Kier molecular flexibility index (Phi) is 5.64. The molecule has 1 amide bonds. The quantitative estimate of drug-likeness (QED) is 0.722. The third-order valence-electron chi connectivity index (χ3n) is 4.29. The van der Waals surface area contributed by atoms with E-state index in [1.807, 2.05) is 0 Å². The highest BCUT2D eigenvalue weighted by Crippen LogP contribution is 2.48. The second-order valence-corrected chi connectivity index (χ2v) is 6.02. The molecule has 11 heteroatoms. The van der Waals surface area contributed by atoms with Gasteiger partial charge >= 0.3 is 12.1 Å². The van der Waals surface area contributed by atoms with Gasteiger partial charge in [-0.25, -0.2) is 8.78 Å². The van der Waals surface area contributed by atoms with Crippen LogP contribution in [0.4, 0.5) is 30.7 Å². The summed E-state index contributed by atoms with van der Waals surface area (Å²) in [6.07, 6.45) is -6.65. The van der Waals surface area contributed by atoms with E-state index in [0.717, 1.165) is 0 Å². The number of nitriles is 1. The number of hydrogen-bond acceptors (Lipinski definition) is 3. The van der Waals surface area contributed by atoms with Crippen LogP contribution in [0.1, 0.15) is 24.0 Å². The van der Waals surface area contributed by atoms with E-state index in [-0.39, 0.29) is 6.42 Å².